The number of nitrogens with two attached hydrogens (primary N) is 1. The van der Waals surface area contributed by atoms with Crippen LogP contribution in [0.2, 0.25) is 0 Å². The molecule has 0 saturated carbocycles. The van der Waals surface area contributed by atoms with E-state index >= 15 is 0 Å². The molecule has 0 radical (unpaired) electrons. The van der Waals surface area contributed by atoms with Crippen molar-refractivity contribution in [2.45, 2.75) is 52.5 Å². The Bertz CT molecular complexity index is 434. The fourth-order valence-electron chi connectivity index (χ4n) is 2.26. The molecule has 0 saturated heterocycles. The van der Waals surface area contributed by atoms with E-state index in [-0.39, 0.29) is 5.91 Å². The summed E-state index contributed by atoms with van der Waals surface area (Å²) < 4.78 is 0. The van der Waals surface area contributed by atoms with Crippen LogP contribution in [0.15, 0.2) is 24.3 Å². The third kappa shape index (κ3) is 6.63. The number of amides is 1. The van der Waals surface area contributed by atoms with E-state index < -0.39 is 0 Å². The van der Waals surface area contributed by atoms with Gasteiger partial charge in [0.25, 0.3) is 0 Å². The smallest absolute Gasteiger partial charge is 0.225 e. The second kappa shape index (κ2) is 9.40. The average Bonchev–Trinajstić information content (AvgIpc) is 2.46. The first kappa shape index (κ1) is 17.5. The van der Waals surface area contributed by atoms with Crippen LogP contribution in [0.3, 0.4) is 0 Å². The molecular formula is C17H29N3O. The molecule has 21 heavy (non-hydrogen) atoms. The number of hydrogen-bond donors (Lipinski definition) is 2. The molecule has 1 atom stereocenters. The Morgan fingerprint density at radius 2 is 2.10 bits per heavy atom. The van der Waals surface area contributed by atoms with E-state index in [0.29, 0.717) is 18.2 Å². The summed E-state index contributed by atoms with van der Waals surface area (Å²) >= 11 is 0. The monoisotopic (exact) mass is 291 g/mol. The quantitative estimate of drug-likeness (QED) is 0.685. The third-order valence-corrected chi connectivity index (χ3v) is 3.81. The molecule has 1 aromatic rings. The van der Waals surface area contributed by atoms with E-state index in [1.165, 1.54) is 12.8 Å². The molecule has 0 fully saturated rings. The summed E-state index contributed by atoms with van der Waals surface area (Å²) in [7, 11) is 0. The van der Waals surface area contributed by atoms with E-state index in [1.807, 2.05) is 18.2 Å². The largest absolute Gasteiger partial charge is 0.399 e. The molecule has 0 bridgehead atoms. The van der Waals surface area contributed by atoms with Gasteiger partial charge in [0.2, 0.25) is 5.91 Å². The standard InChI is InChI=1S/C17H29N3O/c1-4-6-11-20(14(3)5-2)12-10-17(21)19-16-9-7-8-15(18)13-16/h7-9,13-14H,4-6,10-12,18H2,1-3H3,(H,19,21). The number of carbonyl (C=O) groups is 1. The predicted molar refractivity (Wildman–Crippen MR) is 90.3 cm³/mol. The van der Waals surface area contributed by atoms with E-state index in [0.717, 1.165) is 25.2 Å². The Labute approximate surface area is 128 Å². The highest BCUT2D eigenvalue weighted by Crippen LogP contribution is 2.12. The van der Waals surface area contributed by atoms with Gasteiger partial charge in [-0.25, -0.2) is 0 Å². The minimum Gasteiger partial charge on any atom is -0.399 e. The summed E-state index contributed by atoms with van der Waals surface area (Å²) in [4.78, 5) is 14.4. The van der Waals surface area contributed by atoms with Gasteiger partial charge < -0.3 is 16.0 Å². The van der Waals surface area contributed by atoms with E-state index in [4.69, 9.17) is 5.73 Å². The van der Waals surface area contributed by atoms with Crippen molar-refractivity contribution >= 4 is 17.3 Å². The third-order valence-electron chi connectivity index (χ3n) is 3.81. The molecule has 0 aliphatic rings. The zero-order chi connectivity index (χ0) is 15.7. The molecule has 0 heterocycles. The maximum atomic E-state index is 12.0. The van der Waals surface area contributed by atoms with Gasteiger partial charge in [0.1, 0.15) is 0 Å². The summed E-state index contributed by atoms with van der Waals surface area (Å²) in [6, 6.07) is 7.82. The molecule has 1 unspecified atom stereocenters. The maximum Gasteiger partial charge on any atom is 0.225 e. The molecule has 4 heteroatoms. The van der Waals surface area contributed by atoms with Crippen LogP contribution in [0.1, 0.15) is 46.5 Å². The van der Waals surface area contributed by atoms with Crippen LogP contribution in [0.5, 0.6) is 0 Å². The molecule has 0 aliphatic heterocycles. The number of nitrogens with zero attached hydrogens (tertiary/aromatic N) is 1. The number of anilines is 2. The predicted octanol–water partition coefficient (Wildman–Crippen LogP) is 3.50. The number of nitrogen functional groups attached to an aromatic ring is 1. The van der Waals surface area contributed by atoms with Gasteiger partial charge in [0, 0.05) is 30.4 Å². The Balaban J connectivity index is 2.45. The summed E-state index contributed by atoms with van der Waals surface area (Å²) in [6.07, 6.45) is 3.99. The molecule has 0 aromatic heterocycles. The van der Waals surface area contributed by atoms with Crippen LogP contribution in [-0.4, -0.2) is 29.9 Å². The summed E-state index contributed by atoms with van der Waals surface area (Å²) in [5, 5.41) is 2.91. The van der Waals surface area contributed by atoms with Gasteiger partial charge in [-0.3, -0.25) is 4.79 Å². The Morgan fingerprint density at radius 3 is 2.71 bits per heavy atom. The fourth-order valence-corrected chi connectivity index (χ4v) is 2.26. The maximum absolute atomic E-state index is 12.0. The summed E-state index contributed by atoms with van der Waals surface area (Å²) in [5.74, 6) is 0.0467. The molecule has 118 valence electrons. The van der Waals surface area contributed by atoms with Gasteiger partial charge in [-0.2, -0.15) is 0 Å². The van der Waals surface area contributed by atoms with Crippen LogP contribution < -0.4 is 11.1 Å². The first-order valence-electron chi connectivity index (χ1n) is 7.96. The lowest BCUT2D eigenvalue weighted by Crippen LogP contribution is -2.36. The highest BCUT2D eigenvalue weighted by Gasteiger charge is 2.13. The summed E-state index contributed by atoms with van der Waals surface area (Å²) in [5.41, 5.74) is 7.14. The Morgan fingerprint density at radius 1 is 1.33 bits per heavy atom. The van der Waals surface area contributed by atoms with Gasteiger partial charge in [-0.1, -0.05) is 26.3 Å². The van der Waals surface area contributed by atoms with Crippen molar-refractivity contribution in [1.29, 1.82) is 0 Å². The Kier molecular flexibility index (Phi) is 7.83. The van der Waals surface area contributed by atoms with Crippen LogP contribution in [0.4, 0.5) is 11.4 Å². The number of hydrogen-bond acceptors (Lipinski definition) is 3. The first-order chi connectivity index (χ1) is 10.1. The molecule has 0 spiro atoms. The molecule has 1 aromatic carbocycles. The lowest BCUT2D eigenvalue weighted by molar-refractivity contribution is -0.116. The van der Waals surface area contributed by atoms with Gasteiger partial charge in [0.15, 0.2) is 0 Å². The zero-order valence-corrected chi connectivity index (χ0v) is 13.6. The second-order valence-electron chi connectivity index (χ2n) is 5.57. The minimum absolute atomic E-state index is 0.0467. The van der Waals surface area contributed by atoms with Crippen molar-refractivity contribution in [3.05, 3.63) is 24.3 Å². The number of nitrogens with one attached hydrogen (secondary N) is 1. The van der Waals surface area contributed by atoms with Crippen molar-refractivity contribution in [3.8, 4) is 0 Å². The molecular weight excluding hydrogens is 262 g/mol. The van der Waals surface area contributed by atoms with Gasteiger partial charge in [-0.05, 0) is 44.5 Å². The van der Waals surface area contributed by atoms with Crippen molar-refractivity contribution in [2.24, 2.45) is 0 Å². The number of carbonyl (C=O) groups excluding carboxylic acids is 1. The van der Waals surface area contributed by atoms with Crippen LogP contribution >= 0.6 is 0 Å². The summed E-state index contributed by atoms with van der Waals surface area (Å²) in [6.45, 7) is 8.49. The lowest BCUT2D eigenvalue weighted by atomic mass is 10.2. The zero-order valence-electron chi connectivity index (χ0n) is 13.6. The van der Waals surface area contributed by atoms with Crippen molar-refractivity contribution < 1.29 is 4.79 Å². The van der Waals surface area contributed by atoms with Crippen LogP contribution in [-0.2, 0) is 4.79 Å². The number of benzene rings is 1. The average molecular weight is 291 g/mol. The van der Waals surface area contributed by atoms with Gasteiger partial charge in [-0.15, -0.1) is 0 Å². The number of unbranched alkanes of at least 4 members (excludes halogenated alkanes) is 1. The SMILES string of the molecule is CCCCN(CCC(=O)Nc1cccc(N)c1)C(C)CC. The number of rotatable bonds is 9. The van der Waals surface area contributed by atoms with Gasteiger partial charge >= 0.3 is 0 Å². The molecule has 1 amide bonds. The van der Waals surface area contributed by atoms with Crippen molar-refractivity contribution in [1.82, 2.24) is 4.90 Å². The van der Waals surface area contributed by atoms with E-state index in [2.05, 4.69) is 31.0 Å². The molecule has 1 rings (SSSR count). The van der Waals surface area contributed by atoms with Crippen molar-refractivity contribution in [3.63, 3.8) is 0 Å². The topological polar surface area (TPSA) is 58.4 Å². The highest BCUT2D eigenvalue weighted by atomic mass is 16.1. The van der Waals surface area contributed by atoms with E-state index in [9.17, 15) is 4.79 Å². The first-order valence-corrected chi connectivity index (χ1v) is 7.96. The minimum atomic E-state index is 0.0467. The van der Waals surface area contributed by atoms with Gasteiger partial charge in [0.05, 0.1) is 0 Å². The molecule has 3 N–H and O–H groups in total. The Hall–Kier alpha value is -1.55. The van der Waals surface area contributed by atoms with Crippen LogP contribution in [0, 0.1) is 0 Å². The van der Waals surface area contributed by atoms with Crippen molar-refractivity contribution in [2.75, 3.05) is 24.1 Å². The molecule has 0 aliphatic carbocycles. The highest BCUT2D eigenvalue weighted by molar-refractivity contribution is 5.91. The second-order valence-corrected chi connectivity index (χ2v) is 5.57. The normalized spacial score (nSPS) is 12.4. The van der Waals surface area contributed by atoms with E-state index in [1.54, 1.807) is 6.07 Å². The fraction of sp³-hybridized carbons (Fsp3) is 0.588. The van der Waals surface area contributed by atoms with Crippen LogP contribution in [0.25, 0.3) is 0 Å². The lowest BCUT2D eigenvalue weighted by Gasteiger charge is -2.28. The molecule has 4 nitrogen and oxygen atoms in total.